The summed E-state index contributed by atoms with van der Waals surface area (Å²) in [6.45, 7) is 0. The summed E-state index contributed by atoms with van der Waals surface area (Å²) in [5, 5.41) is 0. The molecule has 0 radical (unpaired) electrons. The van der Waals surface area contributed by atoms with E-state index in [2.05, 4.69) is 144 Å². The molecule has 5 aromatic rings. The average Bonchev–Trinajstić information content (AvgIpc) is 2.94. The molecule has 0 N–H and O–H groups in total. The van der Waals surface area contributed by atoms with E-state index in [-0.39, 0.29) is 0 Å². The second kappa shape index (κ2) is 11.2. The maximum absolute atomic E-state index is 6.32. The number of para-hydroxylation sites is 2. The van der Waals surface area contributed by atoms with Crippen molar-refractivity contribution in [2.24, 2.45) is 0 Å². The number of thiocarbonyl (C=S) groups is 1. The summed E-state index contributed by atoms with van der Waals surface area (Å²) in [4.78, 5) is 2.22. The molecule has 1 nitrogen and oxygen atoms in total. The molecule has 0 aromatic heterocycles. The fourth-order valence-electron chi connectivity index (χ4n) is 4.05. The Kier molecular flexibility index (Phi) is 7.66. The first-order valence-corrected chi connectivity index (χ1v) is 18.9. The number of hydrogen-bond acceptors (Lipinski definition) is 2. The third kappa shape index (κ3) is 5.08. The van der Waals surface area contributed by atoms with Gasteiger partial charge in [0.25, 0.3) is 0 Å². The molecule has 4 heteroatoms. The van der Waals surface area contributed by atoms with Crippen LogP contribution in [0, 0.1) is 0 Å². The molecule has 0 atom stereocenters. The van der Waals surface area contributed by atoms with Gasteiger partial charge in [0.15, 0.2) is 0 Å². The van der Waals surface area contributed by atoms with Gasteiger partial charge in [-0.2, -0.15) is 0 Å². The van der Waals surface area contributed by atoms with E-state index in [0.717, 1.165) is 15.7 Å². The van der Waals surface area contributed by atoms with Crippen molar-refractivity contribution in [2.45, 2.75) is 0 Å². The van der Waals surface area contributed by atoms with Crippen molar-refractivity contribution in [1.29, 1.82) is 0 Å². The molecular formula is C31H25NS2Te. The molecule has 0 aliphatic rings. The van der Waals surface area contributed by atoms with Crippen LogP contribution in [0.5, 0.6) is 0 Å². The van der Waals surface area contributed by atoms with Gasteiger partial charge in [0.1, 0.15) is 0 Å². The predicted molar refractivity (Wildman–Crippen MR) is 159 cm³/mol. The van der Waals surface area contributed by atoms with Crippen LogP contribution >= 0.6 is 21.2 Å². The fourth-order valence-corrected chi connectivity index (χ4v) is 21.2. The van der Waals surface area contributed by atoms with E-state index < -0.39 is 16.8 Å². The Morgan fingerprint density at radius 1 is 0.457 bits per heavy atom. The summed E-state index contributed by atoms with van der Waals surface area (Å²) in [6, 6.07) is 53.8. The van der Waals surface area contributed by atoms with Crippen molar-refractivity contribution < 1.29 is 0 Å². The number of benzene rings is 5. The Labute approximate surface area is 219 Å². The summed E-state index contributed by atoms with van der Waals surface area (Å²) < 4.78 is 4.99. The van der Waals surface area contributed by atoms with Crippen LogP contribution in [-0.2, 0) is 0 Å². The van der Waals surface area contributed by atoms with E-state index in [9.17, 15) is 0 Å². The van der Waals surface area contributed by atoms with Crippen molar-refractivity contribution >= 4 is 64.5 Å². The van der Waals surface area contributed by atoms with Gasteiger partial charge < -0.3 is 0 Å². The van der Waals surface area contributed by atoms with E-state index in [4.69, 9.17) is 12.2 Å². The topological polar surface area (TPSA) is 3.24 Å². The predicted octanol–water partition coefficient (Wildman–Crippen LogP) is 6.51. The summed E-state index contributed by atoms with van der Waals surface area (Å²) >= 11 is 2.99. The second-order valence-corrected chi connectivity index (χ2v) is 21.0. The molecule has 0 bridgehead atoms. The van der Waals surface area contributed by atoms with Crippen molar-refractivity contribution in [1.82, 2.24) is 0 Å². The zero-order chi connectivity index (χ0) is 23.9. The van der Waals surface area contributed by atoms with Crippen molar-refractivity contribution in [3.05, 3.63) is 152 Å². The maximum atomic E-state index is 6.32. The number of hydrogen-bond donors (Lipinski definition) is 0. The van der Waals surface area contributed by atoms with Crippen LogP contribution in [0.4, 0.5) is 11.4 Å². The van der Waals surface area contributed by atoms with Crippen LogP contribution in [0.3, 0.4) is 0 Å². The van der Waals surface area contributed by atoms with E-state index in [0.29, 0.717) is 0 Å². The molecule has 0 aliphatic heterocycles. The monoisotopic (exact) mass is 605 g/mol. The van der Waals surface area contributed by atoms with Gasteiger partial charge in [-0.1, -0.05) is 0 Å². The van der Waals surface area contributed by atoms with Crippen LogP contribution in [0.25, 0.3) is 0 Å². The van der Waals surface area contributed by atoms with Crippen LogP contribution in [-0.4, -0.2) is 21.1 Å². The fraction of sp³-hybridized carbons (Fsp3) is 0. The first-order valence-electron chi connectivity index (χ1n) is 11.4. The summed E-state index contributed by atoms with van der Waals surface area (Å²) in [6.07, 6.45) is 0. The van der Waals surface area contributed by atoms with E-state index in [1.54, 1.807) is 0 Å². The van der Waals surface area contributed by atoms with Gasteiger partial charge >= 0.3 is 221 Å². The third-order valence-corrected chi connectivity index (χ3v) is 23.0. The van der Waals surface area contributed by atoms with Crippen LogP contribution in [0.1, 0.15) is 0 Å². The van der Waals surface area contributed by atoms with Gasteiger partial charge in [0.05, 0.1) is 0 Å². The quantitative estimate of drug-likeness (QED) is 0.161. The molecule has 5 aromatic carbocycles. The molecule has 0 aliphatic carbocycles. The van der Waals surface area contributed by atoms with Crippen LogP contribution in [0.2, 0.25) is 0 Å². The van der Waals surface area contributed by atoms with Gasteiger partial charge in [-0.3, -0.25) is 0 Å². The molecule has 0 spiro atoms. The minimum atomic E-state index is -3.34. The van der Waals surface area contributed by atoms with Crippen molar-refractivity contribution in [3.8, 4) is 0 Å². The molecule has 0 saturated carbocycles. The average molecular weight is 603 g/mol. The Hall–Kier alpha value is -2.87. The van der Waals surface area contributed by atoms with Gasteiger partial charge in [0, 0.05) is 0 Å². The van der Waals surface area contributed by atoms with Gasteiger partial charge in [-0.25, -0.2) is 0 Å². The molecule has 172 valence electrons. The molecule has 0 heterocycles. The number of anilines is 2. The minimum absolute atomic E-state index is 0.861. The Morgan fingerprint density at radius 2 is 0.743 bits per heavy atom. The number of rotatable bonds is 6. The summed E-state index contributed by atoms with van der Waals surface area (Å²) in [5.41, 5.74) is 2.14. The molecule has 35 heavy (non-hydrogen) atoms. The van der Waals surface area contributed by atoms with Gasteiger partial charge in [0.2, 0.25) is 0 Å². The Bertz CT molecular complexity index is 1230. The molecule has 0 unspecified atom stereocenters. The zero-order valence-electron chi connectivity index (χ0n) is 19.1. The zero-order valence-corrected chi connectivity index (χ0v) is 23.1. The summed E-state index contributed by atoms with van der Waals surface area (Å²) in [5.74, 6) is 0. The second-order valence-electron chi connectivity index (χ2n) is 7.85. The summed E-state index contributed by atoms with van der Waals surface area (Å²) in [7, 11) is 1.90. The normalized spacial score (nSPS) is 11.5. The van der Waals surface area contributed by atoms with E-state index >= 15 is 0 Å². The molecule has 0 amide bonds. The Balaban J connectivity index is 1.71. The van der Waals surface area contributed by atoms with Crippen LogP contribution in [0.15, 0.2) is 152 Å². The molecule has 0 fully saturated rings. The standard InChI is InChI=1S/C31H25NS2Te/c33-31(32(26-16-6-1-7-17-26)27-18-8-2-9-19-27)34-35(28-20-10-3-11-21-28,29-22-12-4-13-23-29)30-24-14-5-15-25-30/h1-25H. The molecule has 5 rings (SSSR count). The first kappa shape index (κ1) is 23.9. The van der Waals surface area contributed by atoms with E-state index in [1.165, 1.54) is 10.8 Å². The third-order valence-electron chi connectivity index (χ3n) is 5.63. The van der Waals surface area contributed by atoms with Gasteiger partial charge in [-0.05, 0) is 0 Å². The SMILES string of the molecule is S=C(S[Te](c1ccccc1)(c1ccccc1)c1ccccc1)N(c1ccccc1)c1ccccc1. The Morgan fingerprint density at radius 3 is 1.06 bits per heavy atom. The number of nitrogens with zero attached hydrogens (tertiary/aromatic N) is 1. The molecular weight excluding hydrogens is 578 g/mol. The van der Waals surface area contributed by atoms with Gasteiger partial charge in [-0.15, -0.1) is 0 Å². The molecule has 0 saturated heterocycles. The van der Waals surface area contributed by atoms with Crippen molar-refractivity contribution in [2.75, 3.05) is 4.90 Å². The van der Waals surface area contributed by atoms with Crippen molar-refractivity contribution in [3.63, 3.8) is 0 Å². The first-order chi connectivity index (χ1) is 17.3. The van der Waals surface area contributed by atoms with E-state index in [1.807, 2.05) is 21.1 Å². The van der Waals surface area contributed by atoms with Crippen LogP contribution < -0.4 is 15.7 Å².